The van der Waals surface area contributed by atoms with Gasteiger partial charge >= 0.3 is 0 Å². The van der Waals surface area contributed by atoms with Gasteiger partial charge in [-0.1, -0.05) is 12.1 Å². The lowest BCUT2D eigenvalue weighted by molar-refractivity contribution is -0.130. The molecule has 1 amide bonds. The van der Waals surface area contributed by atoms with E-state index >= 15 is 0 Å². The van der Waals surface area contributed by atoms with Crippen molar-refractivity contribution in [2.75, 3.05) is 38.4 Å². The van der Waals surface area contributed by atoms with Gasteiger partial charge in [-0.2, -0.15) is 11.8 Å². The lowest BCUT2D eigenvalue weighted by Crippen LogP contribution is -2.47. The minimum atomic E-state index is -0.405. The van der Waals surface area contributed by atoms with Crippen molar-refractivity contribution in [1.82, 2.24) is 5.32 Å². The molecule has 6 heteroatoms. The second-order valence-corrected chi connectivity index (χ2v) is 6.41. The second-order valence-electron chi connectivity index (χ2n) is 5.55. The highest BCUT2D eigenvalue weighted by Crippen LogP contribution is 2.31. The topological polar surface area (TPSA) is 50.4 Å². The Morgan fingerprint density at radius 1 is 1.32 bits per heavy atom. The first-order chi connectivity index (χ1) is 10.2. The molecule has 1 aliphatic rings. The maximum absolute atomic E-state index is 12.7. The number of carbonyl (C=O) groups excluding carboxylic acids is 1. The number of amides is 1. The number of carbonyl (C=O) groups is 1. The number of piperidine rings is 1. The zero-order valence-corrected chi connectivity index (χ0v) is 14.8. The minimum absolute atomic E-state index is 0. The van der Waals surface area contributed by atoms with E-state index in [1.165, 1.54) is 5.56 Å². The van der Waals surface area contributed by atoms with Crippen molar-refractivity contribution in [2.45, 2.75) is 18.6 Å². The van der Waals surface area contributed by atoms with E-state index in [0.29, 0.717) is 6.61 Å². The van der Waals surface area contributed by atoms with Crippen LogP contribution in [0.2, 0.25) is 0 Å². The molecular formula is C16H25ClN2O2S. The van der Waals surface area contributed by atoms with E-state index in [4.69, 9.17) is 4.74 Å². The molecule has 2 rings (SSSR count). The number of ether oxygens (including phenoxy) is 1. The van der Waals surface area contributed by atoms with Gasteiger partial charge in [0.25, 0.3) is 0 Å². The molecule has 1 aromatic rings. The Bertz CT molecular complexity index is 456. The molecule has 124 valence electrons. The summed E-state index contributed by atoms with van der Waals surface area (Å²) in [6.07, 6.45) is 3.72. The molecule has 0 radical (unpaired) electrons. The number of hydrogen-bond donors (Lipinski definition) is 2. The normalized spacial score (nSPS) is 16.6. The predicted octanol–water partition coefficient (Wildman–Crippen LogP) is 2.93. The molecule has 0 atom stereocenters. The summed E-state index contributed by atoms with van der Waals surface area (Å²) in [6.45, 7) is 2.21. The van der Waals surface area contributed by atoms with Crippen molar-refractivity contribution in [3.05, 3.63) is 29.8 Å². The molecular weight excluding hydrogens is 320 g/mol. The van der Waals surface area contributed by atoms with Gasteiger partial charge < -0.3 is 15.4 Å². The van der Waals surface area contributed by atoms with Gasteiger partial charge in [0, 0.05) is 18.6 Å². The number of nitrogens with one attached hydrogen (secondary N) is 2. The number of benzene rings is 1. The highest BCUT2D eigenvalue weighted by atomic mass is 35.5. The number of thioether (sulfide) groups is 1. The third-order valence-corrected chi connectivity index (χ3v) is 4.61. The third-order valence-electron chi connectivity index (χ3n) is 3.99. The van der Waals surface area contributed by atoms with E-state index < -0.39 is 5.41 Å². The summed E-state index contributed by atoms with van der Waals surface area (Å²) in [6, 6.07) is 8.09. The molecule has 22 heavy (non-hydrogen) atoms. The maximum atomic E-state index is 12.7. The van der Waals surface area contributed by atoms with Crippen molar-refractivity contribution in [1.29, 1.82) is 0 Å². The van der Waals surface area contributed by atoms with Gasteiger partial charge in [0.15, 0.2) is 0 Å². The molecule has 0 bridgehead atoms. The van der Waals surface area contributed by atoms with E-state index in [9.17, 15) is 4.79 Å². The fourth-order valence-corrected chi connectivity index (χ4v) is 3.26. The van der Waals surface area contributed by atoms with Crippen LogP contribution in [0.3, 0.4) is 0 Å². The third kappa shape index (κ3) is 4.88. The Balaban J connectivity index is 0.00000242. The number of anilines is 1. The quantitative estimate of drug-likeness (QED) is 0.833. The lowest BCUT2D eigenvalue weighted by atomic mass is 9.78. The molecule has 1 heterocycles. The monoisotopic (exact) mass is 344 g/mol. The predicted molar refractivity (Wildman–Crippen MR) is 96.0 cm³/mol. The number of rotatable bonds is 6. The molecule has 0 aromatic heterocycles. The van der Waals surface area contributed by atoms with Crippen LogP contribution in [-0.4, -0.2) is 39.0 Å². The summed E-state index contributed by atoms with van der Waals surface area (Å²) in [7, 11) is 1.66. The Labute approximate surface area is 143 Å². The van der Waals surface area contributed by atoms with E-state index in [1.807, 2.05) is 12.1 Å². The molecule has 1 aliphatic heterocycles. The molecule has 1 fully saturated rings. The van der Waals surface area contributed by atoms with Gasteiger partial charge in [0.2, 0.25) is 5.91 Å². The van der Waals surface area contributed by atoms with Crippen LogP contribution in [0.1, 0.15) is 18.4 Å². The fraction of sp³-hybridized carbons (Fsp3) is 0.562. The van der Waals surface area contributed by atoms with Crippen molar-refractivity contribution >= 4 is 35.8 Å². The first-order valence-electron chi connectivity index (χ1n) is 7.29. The van der Waals surface area contributed by atoms with Crippen LogP contribution < -0.4 is 10.6 Å². The van der Waals surface area contributed by atoms with Crippen LogP contribution in [0.15, 0.2) is 24.3 Å². The Hall–Kier alpha value is -0.750. The summed E-state index contributed by atoms with van der Waals surface area (Å²) in [5.41, 5.74) is 1.73. The number of hydrogen-bond acceptors (Lipinski definition) is 4. The van der Waals surface area contributed by atoms with Crippen molar-refractivity contribution in [2.24, 2.45) is 5.41 Å². The molecule has 4 nitrogen and oxygen atoms in total. The van der Waals surface area contributed by atoms with Gasteiger partial charge in [-0.25, -0.2) is 0 Å². The Morgan fingerprint density at radius 2 is 1.95 bits per heavy atom. The molecule has 0 unspecified atom stereocenters. The standard InChI is InChI=1S/C16H24N2O2S.ClH/c1-20-12-16(7-9-17-10-8-16)15(19)18-14-5-3-13(4-6-14)11-21-2;/h3-6,17H,7-12H2,1-2H3,(H,18,19);1H. The molecule has 0 saturated carbocycles. The highest BCUT2D eigenvalue weighted by molar-refractivity contribution is 7.97. The minimum Gasteiger partial charge on any atom is -0.384 e. The first kappa shape index (κ1) is 19.3. The Morgan fingerprint density at radius 3 is 2.50 bits per heavy atom. The average Bonchev–Trinajstić information content (AvgIpc) is 2.51. The van der Waals surface area contributed by atoms with Crippen LogP contribution in [0.5, 0.6) is 0 Å². The van der Waals surface area contributed by atoms with E-state index in [-0.39, 0.29) is 18.3 Å². The molecule has 1 aromatic carbocycles. The molecule has 0 spiro atoms. The number of halogens is 1. The zero-order chi connectivity index (χ0) is 15.1. The highest BCUT2D eigenvalue weighted by Gasteiger charge is 2.39. The first-order valence-corrected chi connectivity index (χ1v) is 8.68. The van der Waals surface area contributed by atoms with Gasteiger partial charge in [-0.05, 0) is 49.9 Å². The van der Waals surface area contributed by atoms with Crippen LogP contribution >= 0.6 is 24.2 Å². The molecule has 0 aliphatic carbocycles. The van der Waals surface area contributed by atoms with Crippen LogP contribution in [0.4, 0.5) is 5.69 Å². The summed E-state index contributed by atoms with van der Waals surface area (Å²) >= 11 is 1.79. The summed E-state index contributed by atoms with van der Waals surface area (Å²) < 4.78 is 5.30. The van der Waals surface area contributed by atoms with Crippen molar-refractivity contribution < 1.29 is 9.53 Å². The van der Waals surface area contributed by atoms with Crippen molar-refractivity contribution in [3.8, 4) is 0 Å². The zero-order valence-electron chi connectivity index (χ0n) is 13.2. The van der Waals surface area contributed by atoms with Gasteiger partial charge in [-0.3, -0.25) is 4.79 Å². The van der Waals surface area contributed by atoms with Crippen LogP contribution in [0.25, 0.3) is 0 Å². The van der Waals surface area contributed by atoms with E-state index in [0.717, 1.165) is 37.4 Å². The van der Waals surface area contributed by atoms with Crippen LogP contribution in [-0.2, 0) is 15.3 Å². The second kappa shape index (κ2) is 9.40. The SMILES string of the molecule is COCC1(C(=O)Nc2ccc(CSC)cc2)CCNCC1.Cl. The summed E-state index contributed by atoms with van der Waals surface area (Å²) in [5, 5.41) is 6.35. The van der Waals surface area contributed by atoms with Crippen LogP contribution in [0, 0.1) is 5.41 Å². The smallest absolute Gasteiger partial charge is 0.233 e. The lowest BCUT2D eigenvalue weighted by Gasteiger charge is -2.35. The molecule has 2 N–H and O–H groups in total. The van der Waals surface area contributed by atoms with E-state index in [1.54, 1.807) is 18.9 Å². The van der Waals surface area contributed by atoms with Gasteiger partial charge in [0.05, 0.1) is 12.0 Å². The largest absolute Gasteiger partial charge is 0.384 e. The maximum Gasteiger partial charge on any atom is 0.233 e. The van der Waals surface area contributed by atoms with Gasteiger partial charge in [-0.15, -0.1) is 12.4 Å². The summed E-state index contributed by atoms with van der Waals surface area (Å²) in [4.78, 5) is 12.7. The van der Waals surface area contributed by atoms with Gasteiger partial charge in [0.1, 0.15) is 0 Å². The van der Waals surface area contributed by atoms with Crippen molar-refractivity contribution in [3.63, 3.8) is 0 Å². The van der Waals surface area contributed by atoms with E-state index in [2.05, 4.69) is 29.0 Å². The average molecular weight is 345 g/mol. The fourth-order valence-electron chi connectivity index (χ4n) is 2.73. The summed E-state index contributed by atoms with van der Waals surface area (Å²) in [5.74, 6) is 1.07. The Kier molecular flexibility index (Phi) is 8.25. The molecule has 1 saturated heterocycles. The number of methoxy groups -OCH3 is 1.